The van der Waals surface area contributed by atoms with Gasteiger partial charge in [-0.3, -0.25) is 19.6 Å². The van der Waals surface area contributed by atoms with E-state index in [9.17, 15) is 23.3 Å². The van der Waals surface area contributed by atoms with Crippen LogP contribution in [-0.2, 0) is 10.0 Å². The van der Waals surface area contributed by atoms with Gasteiger partial charge in [-0.25, -0.2) is 8.42 Å². The molecule has 0 aromatic heterocycles. The first-order valence-corrected chi connectivity index (χ1v) is 10.9. The molecule has 0 aliphatic heterocycles. The first kappa shape index (κ1) is 22.5. The fraction of sp³-hybridized carbons (Fsp3) is 0.0500. The van der Waals surface area contributed by atoms with Gasteiger partial charge in [-0.05, 0) is 55.0 Å². The zero-order valence-corrected chi connectivity index (χ0v) is 18.3. The number of rotatable bonds is 6. The van der Waals surface area contributed by atoms with Gasteiger partial charge in [0.15, 0.2) is 0 Å². The lowest BCUT2D eigenvalue weighted by Crippen LogP contribution is -2.16. The van der Waals surface area contributed by atoms with E-state index in [1.807, 2.05) is 0 Å². The monoisotopic (exact) mass is 479 g/mol. The Morgan fingerprint density at radius 3 is 2.23 bits per heavy atom. The highest BCUT2D eigenvalue weighted by atomic mass is 35.5. The summed E-state index contributed by atoms with van der Waals surface area (Å²) in [7, 11) is -3.95. The number of nitro benzene ring substituents is 1. The molecule has 11 heteroatoms. The number of anilines is 2. The zero-order chi connectivity index (χ0) is 22.8. The number of aryl methyl sites for hydroxylation is 1. The van der Waals surface area contributed by atoms with Crippen LogP contribution in [0.2, 0.25) is 10.0 Å². The molecule has 2 N–H and O–H groups in total. The molecule has 0 fully saturated rings. The first-order valence-electron chi connectivity index (χ1n) is 8.71. The number of sulfonamides is 1. The van der Waals surface area contributed by atoms with Crippen molar-refractivity contribution in [3.05, 3.63) is 92.0 Å². The van der Waals surface area contributed by atoms with Crippen LogP contribution < -0.4 is 10.0 Å². The molecule has 0 saturated heterocycles. The average Bonchev–Trinajstić information content (AvgIpc) is 2.70. The summed E-state index contributed by atoms with van der Waals surface area (Å²) >= 11 is 11.8. The van der Waals surface area contributed by atoms with Gasteiger partial charge in [0.25, 0.3) is 21.6 Å². The van der Waals surface area contributed by atoms with Crippen molar-refractivity contribution in [2.24, 2.45) is 0 Å². The van der Waals surface area contributed by atoms with Crippen molar-refractivity contribution < 1.29 is 18.1 Å². The van der Waals surface area contributed by atoms with E-state index in [1.165, 1.54) is 30.3 Å². The Labute approximate surface area is 188 Å². The van der Waals surface area contributed by atoms with Crippen LogP contribution in [0.4, 0.5) is 17.1 Å². The summed E-state index contributed by atoms with van der Waals surface area (Å²) in [5.41, 5.74) is 0.764. The fourth-order valence-electron chi connectivity index (χ4n) is 2.70. The van der Waals surface area contributed by atoms with Crippen LogP contribution in [0.5, 0.6) is 0 Å². The summed E-state index contributed by atoms with van der Waals surface area (Å²) in [5, 5.41) is 13.7. The molecule has 0 unspecified atom stereocenters. The van der Waals surface area contributed by atoms with Crippen LogP contribution in [0.1, 0.15) is 15.9 Å². The van der Waals surface area contributed by atoms with Gasteiger partial charge >= 0.3 is 0 Å². The Morgan fingerprint density at radius 2 is 1.61 bits per heavy atom. The van der Waals surface area contributed by atoms with Gasteiger partial charge < -0.3 is 5.32 Å². The predicted octanol–water partition coefficient (Wildman–Crippen LogP) is 5.26. The van der Waals surface area contributed by atoms with Crippen LogP contribution >= 0.6 is 23.2 Å². The minimum Gasteiger partial charge on any atom is -0.322 e. The molecule has 0 radical (unpaired) electrons. The lowest BCUT2D eigenvalue weighted by atomic mass is 10.1. The van der Waals surface area contributed by atoms with E-state index in [0.29, 0.717) is 16.3 Å². The molecule has 3 rings (SSSR count). The summed E-state index contributed by atoms with van der Waals surface area (Å²) in [4.78, 5) is 22.7. The van der Waals surface area contributed by atoms with Crippen LogP contribution in [-0.4, -0.2) is 19.2 Å². The van der Waals surface area contributed by atoms with Crippen LogP contribution in [0.3, 0.4) is 0 Å². The SMILES string of the molecule is Cc1ccc(NC(=O)c2ccc([N+](=O)[O-])cc2Cl)cc1S(=O)(=O)Nc1ccc(Cl)cc1. The second kappa shape index (κ2) is 8.93. The third-order valence-corrected chi connectivity index (χ3v) is 6.33. The van der Waals surface area contributed by atoms with E-state index in [1.54, 1.807) is 25.1 Å². The molecular weight excluding hydrogens is 465 g/mol. The molecular formula is C20H15Cl2N3O5S. The number of hydrogen-bond donors (Lipinski definition) is 2. The van der Waals surface area contributed by atoms with E-state index in [0.717, 1.165) is 12.1 Å². The summed E-state index contributed by atoms with van der Waals surface area (Å²) in [6.45, 7) is 1.62. The molecule has 0 saturated carbocycles. The average molecular weight is 480 g/mol. The van der Waals surface area contributed by atoms with Gasteiger partial charge in [0.1, 0.15) is 0 Å². The smallest absolute Gasteiger partial charge is 0.270 e. The number of carbonyl (C=O) groups is 1. The Bertz CT molecular complexity index is 1280. The highest BCUT2D eigenvalue weighted by Crippen LogP contribution is 2.26. The number of halogens is 2. The minimum atomic E-state index is -3.95. The van der Waals surface area contributed by atoms with Gasteiger partial charge in [0.2, 0.25) is 0 Å². The summed E-state index contributed by atoms with van der Waals surface area (Å²) < 4.78 is 28.1. The van der Waals surface area contributed by atoms with Crippen LogP contribution in [0.25, 0.3) is 0 Å². The standard InChI is InChI=1S/C20H15Cl2N3O5S/c1-12-2-5-15(23-20(26)17-9-8-16(25(27)28)11-18(17)22)10-19(12)31(29,30)24-14-6-3-13(21)4-7-14/h2-11,24H,1H3,(H,23,26). The Kier molecular flexibility index (Phi) is 6.49. The molecule has 0 atom stereocenters. The molecule has 0 aliphatic carbocycles. The third kappa shape index (κ3) is 5.32. The molecule has 0 spiro atoms. The molecule has 8 nitrogen and oxygen atoms in total. The second-order valence-corrected chi connectivity index (χ2v) is 8.96. The normalized spacial score (nSPS) is 11.1. The number of nitrogens with zero attached hydrogens (tertiary/aromatic N) is 1. The topological polar surface area (TPSA) is 118 Å². The van der Waals surface area contributed by atoms with Crippen molar-refractivity contribution in [2.45, 2.75) is 11.8 Å². The number of benzene rings is 3. The van der Waals surface area contributed by atoms with Crippen molar-refractivity contribution in [1.29, 1.82) is 0 Å². The van der Waals surface area contributed by atoms with Gasteiger partial charge in [-0.1, -0.05) is 29.3 Å². The predicted molar refractivity (Wildman–Crippen MR) is 119 cm³/mol. The molecule has 3 aromatic rings. The van der Waals surface area contributed by atoms with Gasteiger partial charge in [0.05, 0.1) is 20.4 Å². The first-order chi connectivity index (χ1) is 14.6. The van der Waals surface area contributed by atoms with Gasteiger partial charge in [-0.2, -0.15) is 0 Å². The number of nitro groups is 1. The van der Waals surface area contributed by atoms with Crippen molar-refractivity contribution in [3.63, 3.8) is 0 Å². The molecule has 160 valence electrons. The number of nitrogens with one attached hydrogen (secondary N) is 2. The van der Waals surface area contributed by atoms with E-state index in [2.05, 4.69) is 10.0 Å². The summed E-state index contributed by atoms with van der Waals surface area (Å²) in [6, 6.07) is 14.0. The maximum absolute atomic E-state index is 12.8. The van der Waals surface area contributed by atoms with Crippen molar-refractivity contribution in [3.8, 4) is 0 Å². The van der Waals surface area contributed by atoms with Crippen LogP contribution in [0.15, 0.2) is 65.6 Å². The lowest BCUT2D eigenvalue weighted by Gasteiger charge is -2.13. The van der Waals surface area contributed by atoms with E-state index in [4.69, 9.17) is 23.2 Å². The summed E-state index contributed by atoms with van der Waals surface area (Å²) in [5.74, 6) is -0.641. The molecule has 31 heavy (non-hydrogen) atoms. The highest BCUT2D eigenvalue weighted by Gasteiger charge is 2.20. The molecule has 1 amide bonds. The van der Waals surface area contributed by atoms with Gasteiger partial charge in [0, 0.05) is 28.5 Å². The third-order valence-electron chi connectivity index (χ3n) is 4.24. The van der Waals surface area contributed by atoms with Crippen molar-refractivity contribution >= 4 is 56.2 Å². The Hall–Kier alpha value is -3.14. The Morgan fingerprint density at radius 1 is 0.968 bits per heavy atom. The van der Waals surface area contributed by atoms with E-state index >= 15 is 0 Å². The Balaban J connectivity index is 1.86. The molecule has 0 bridgehead atoms. The summed E-state index contributed by atoms with van der Waals surface area (Å²) in [6.07, 6.45) is 0. The maximum atomic E-state index is 12.8. The van der Waals surface area contributed by atoms with Gasteiger partial charge in [-0.15, -0.1) is 0 Å². The molecule has 0 aliphatic rings. The minimum absolute atomic E-state index is 0.0107. The lowest BCUT2D eigenvalue weighted by molar-refractivity contribution is -0.384. The number of amides is 1. The zero-order valence-electron chi connectivity index (χ0n) is 15.9. The van der Waals surface area contributed by atoms with E-state index in [-0.39, 0.29) is 26.9 Å². The van der Waals surface area contributed by atoms with Crippen LogP contribution in [0, 0.1) is 17.0 Å². The van der Waals surface area contributed by atoms with Crippen molar-refractivity contribution in [1.82, 2.24) is 0 Å². The number of hydrogen-bond acceptors (Lipinski definition) is 5. The number of carbonyl (C=O) groups excluding carboxylic acids is 1. The second-order valence-electron chi connectivity index (χ2n) is 6.47. The fourth-order valence-corrected chi connectivity index (χ4v) is 4.41. The molecule has 3 aromatic carbocycles. The quantitative estimate of drug-likeness (QED) is 0.368. The van der Waals surface area contributed by atoms with E-state index < -0.39 is 20.9 Å². The number of non-ortho nitro benzene ring substituents is 1. The van der Waals surface area contributed by atoms with Crippen molar-refractivity contribution in [2.75, 3.05) is 10.0 Å². The molecule has 0 heterocycles. The largest absolute Gasteiger partial charge is 0.322 e. The maximum Gasteiger partial charge on any atom is 0.270 e. The highest BCUT2D eigenvalue weighted by molar-refractivity contribution is 7.92.